The molecule has 0 saturated carbocycles. The molecule has 1 unspecified atom stereocenters. The van der Waals surface area contributed by atoms with Gasteiger partial charge in [0, 0.05) is 18.8 Å². The van der Waals surface area contributed by atoms with Crippen molar-refractivity contribution in [3.63, 3.8) is 0 Å². The number of carbonyl (C=O) groups is 2. The van der Waals surface area contributed by atoms with Gasteiger partial charge in [-0.05, 0) is 25.0 Å². The normalized spacial score (nSPS) is 20.0. The minimum absolute atomic E-state index is 0.223. The first-order valence-electron chi connectivity index (χ1n) is 7.04. The predicted octanol–water partition coefficient (Wildman–Crippen LogP) is 1.75. The van der Waals surface area contributed by atoms with Crippen molar-refractivity contribution in [3.05, 3.63) is 29.8 Å². The van der Waals surface area contributed by atoms with Crippen molar-refractivity contribution in [1.82, 2.24) is 4.90 Å². The SMILES string of the molecule is CCS(=O)c1ccccc1C(=O)N1CCC[C@H](C(=O)O)C1. The van der Waals surface area contributed by atoms with Crippen molar-refractivity contribution in [3.8, 4) is 0 Å². The number of rotatable bonds is 4. The molecule has 1 aromatic rings. The minimum atomic E-state index is -1.21. The number of amides is 1. The molecule has 2 atom stereocenters. The molecule has 0 radical (unpaired) electrons. The molecule has 2 rings (SSSR count). The van der Waals surface area contributed by atoms with E-state index >= 15 is 0 Å². The molecule has 1 N–H and O–H groups in total. The molecule has 21 heavy (non-hydrogen) atoms. The quantitative estimate of drug-likeness (QED) is 0.919. The second kappa shape index (κ2) is 6.85. The average Bonchev–Trinajstić information content (AvgIpc) is 2.53. The molecule has 114 valence electrons. The van der Waals surface area contributed by atoms with Crippen molar-refractivity contribution in [2.45, 2.75) is 24.7 Å². The maximum absolute atomic E-state index is 12.6. The zero-order chi connectivity index (χ0) is 15.4. The second-order valence-electron chi connectivity index (χ2n) is 5.06. The maximum atomic E-state index is 12.6. The lowest BCUT2D eigenvalue weighted by Crippen LogP contribution is -2.42. The van der Waals surface area contributed by atoms with E-state index in [9.17, 15) is 13.8 Å². The monoisotopic (exact) mass is 309 g/mol. The van der Waals surface area contributed by atoms with E-state index in [-0.39, 0.29) is 12.5 Å². The summed E-state index contributed by atoms with van der Waals surface area (Å²) in [6, 6.07) is 6.86. The van der Waals surface area contributed by atoms with Crippen LogP contribution in [0.1, 0.15) is 30.1 Å². The van der Waals surface area contributed by atoms with Gasteiger partial charge in [-0.3, -0.25) is 13.8 Å². The van der Waals surface area contributed by atoms with Crippen LogP contribution >= 0.6 is 0 Å². The van der Waals surface area contributed by atoms with E-state index < -0.39 is 22.7 Å². The van der Waals surface area contributed by atoms with Crippen LogP contribution in [0.15, 0.2) is 29.2 Å². The zero-order valence-corrected chi connectivity index (χ0v) is 12.8. The molecular weight excluding hydrogens is 290 g/mol. The first-order valence-corrected chi connectivity index (χ1v) is 8.36. The topological polar surface area (TPSA) is 74.7 Å². The fourth-order valence-corrected chi connectivity index (χ4v) is 3.47. The summed E-state index contributed by atoms with van der Waals surface area (Å²) in [5, 5.41) is 9.10. The molecular formula is C15H19NO4S. The van der Waals surface area contributed by atoms with Crippen LogP contribution in [0, 0.1) is 5.92 Å². The number of carboxylic acid groups (broad SMARTS) is 1. The lowest BCUT2D eigenvalue weighted by atomic mass is 9.97. The largest absolute Gasteiger partial charge is 0.481 e. The van der Waals surface area contributed by atoms with Crippen LogP contribution in [0.3, 0.4) is 0 Å². The highest BCUT2D eigenvalue weighted by molar-refractivity contribution is 7.85. The van der Waals surface area contributed by atoms with Gasteiger partial charge < -0.3 is 10.0 Å². The molecule has 0 bridgehead atoms. The van der Waals surface area contributed by atoms with Crippen LogP contribution in [-0.4, -0.2) is 44.9 Å². The molecule has 1 aromatic carbocycles. The number of hydrogen-bond acceptors (Lipinski definition) is 3. The average molecular weight is 309 g/mol. The Bertz CT molecular complexity index is 573. The van der Waals surface area contributed by atoms with E-state index in [1.54, 1.807) is 36.1 Å². The molecule has 1 amide bonds. The van der Waals surface area contributed by atoms with E-state index in [1.807, 2.05) is 0 Å². The van der Waals surface area contributed by atoms with E-state index in [1.165, 1.54) is 0 Å². The van der Waals surface area contributed by atoms with Crippen molar-refractivity contribution in [1.29, 1.82) is 0 Å². The smallest absolute Gasteiger partial charge is 0.308 e. The van der Waals surface area contributed by atoms with Gasteiger partial charge in [0.25, 0.3) is 5.91 Å². The summed E-state index contributed by atoms with van der Waals surface area (Å²) in [5.74, 6) is -1.15. The standard InChI is InChI=1S/C15H19NO4S/c1-2-21(20)13-8-4-3-7-12(13)14(17)16-9-5-6-11(10-16)15(18)19/h3-4,7-8,11H,2,5-6,9-10H2,1H3,(H,18,19)/t11-,21?/m0/s1. The molecule has 6 heteroatoms. The van der Waals surface area contributed by atoms with Crippen LogP contribution in [-0.2, 0) is 15.6 Å². The van der Waals surface area contributed by atoms with Crippen molar-refractivity contribution < 1.29 is 18.9 Å². The Morgan fingerprint density at radius 2 is 2.10 bits per heavy atom. The van der Waals surface area contributed by atoms with Crippen LogP contribution in [0.5, 0.6) is 0 Å². The number of benzene rings is 1. The zero-order valence-electron chi connectivity index (χ0n) is 11.9. The minimum Gasteiger partial charge on any atom is -0.481 e. The van der Waals surface area contributed by atoms with Gasteiger partial charge in [0.15, 0.2) is 0 Å². The number of carboxylic acids is 1. The van der Waals surface area contributed by atoms with Gasteiger partial charge in [-0.15, -0.1) is 0 Å². The van der Waals surface area contributed by atoms with Gasteiger partial charge in [0.05, 0.1) is 27.2 Å². The lowest BCUT2D eigenvalue weighted by Gasteiger charge is -2.31. The van der Waals surface area contributed by atoms with Crippen molar-refractivity contribution in [2.75, 3.05) is 18.8 Å². The van der Waals surface area contributed by atoms with Gasteiger partial charge in [-0.25, -0.2) is 0 Å². The molecule has 5 nitrogen and oxygen atoms in total. The third-order valence-corrected chi connectivity index (χ3v) is 5.05. The summed E-state index contributed by atoms with van der Waals surface area (Å²) in [4.78, 5) is 25.8. The summed E-state index contributed by atoms with van der Waals surface area (Å²) in [6.07, 6.45) is 1.28. The number of nitrogens with zero attached hydrogens (tertiary/aromatic N) is 1. The number of hydrogen-bond donors (Lipinski definition) is 1. The summed E-state index contributed by atoms with van der Waals surface area (Å²) in [5.41, 5.74) is 0.420. The number of aliphatic carboxylic acids is 1. The Hall–Kier alpha value is -1.69. The third-order valence-electron chi connectivity index (χ3n) is 3.68. The Morgan fingerprint density at radius 3 is 2.76 bits per heavy atom. The fraction of sp³-hybridized carbons (Fsp3) is 0.467. The second-order valence-corrected chi connectivity index (χ2v) is 6.77. The first-order chi connectivity index (χ1) is 10.0. The molecule has 1 saturated heterocycles. The van der Waals surface area contributed by atoms with Crippen molar-refractivity contribution >= 4 is 22.7 Å². The van der Waals surface area contributed by atoms with Crippen LogP contribution in [0.4, 0.5) is 0 Å². The number of piperidine rings is 1. The van der Waals surface area contributed by atoms with E-state index in [2.05, 4.69) is 0 Å². The van der Waals surface area contributed by atoms with Gasteiger partial charge in [0.1, 0.15) is 0 Å². The lowest BCUT2D eigenvalue weighted by molar-refractivity contribution is -0.143. The fourth-order valence-electron chi connectivity index (χ4n) is 2.53. The van der Waals surface area contributed by atoms with Gasteiger partial charge in [0.2, 0.25) is 0 Å². The first kappa shape index (κ1) is 15.7. The van der Waals surface area contributed by atoms with E-state index in [0.717, 1.165) is 0 Å². The Morgan fingerprint density at radius 1 is 1.38 bits per heavy atom. The number of carbonyl (C=O) groups excluding carboxylic acids is 1. The highest BCUT2D eigenvalue weighted by atomic mass is 32.2. The molecule has 0 spiro atoms. The highest BCUT2D eigenvalue weighted by Crippen LogP contribution is 2.21. The maximum Gasteiger partial charge on any atom is 0.308 e. The third kappa shape index (κ3) is 3.50. The van der Waals surface area contributed by atoms with Crippen LogP contribution in [0.25, 0.3) is 0 Å². The molecule has 1 aliphatic heterocycles. The molecule has 1 fully saturated rings. The van der Waals surface area contributed by atoms with Crippen molar-refractivity contribution in [2.24, 2.45) is 5.92 Å². The Labute approximate surface area is 126 Å². The number of likely N-dealkylation sites (tertiary alicyclic amines) is 1. The Balaban J connectivity index is 2.24. The molecule has 0 aromatic heterocycles. The summed E-state index contributed by atoms with van der Waals surface area (Å²) in [7, 11) is -1.21. The van der Waals surface area contributed by atoms with Gasteiger partial charge in [-0.2, -0.15) is 0 Å². The predicted molar refractivity (Wildman–Crippen MR) is 79.7 cm³/mol. The summed E-state index contributed by atoms with van der Waals surface area (Å²) in [6.45, 7) is 2.58. The van der Waals surface area contributed by atoms with E-state index in [0.29, 0.717) is 35.6 Å². The highest BCUT2D eigenvalue weighted by Gasteiger charge is 2.29. The van der Waals surface area contributed by atoms with Gasteiger partial charge >= 0.3 is 5.97 Å². The summed E-state index contributed by atoms with van der Waals surface area (Å²) >= 11 is 0. The Kier molecular flexibility index (Phi) is 5.12. The molecule has 1 aliphatic rings. The van der Waals surface area contributed by atoms with Gasteiger partial charge in [-0.1, -0.05) is 19.1 Å². The van der Waals surface area contributed by atoms with E-state index in [4.69, 9.17) is 5.11 Å². The molecule has 1 heterocycles. The summed E-state index contributed by atoms with van der Waals surface area (Å²) < 4.78 is 12.0. The van der Waals surface area contributed by atoms with Crippen LogP contribution in [0.2, 0.25) is 0 Å². The van der Waals surface area contributed by atoms with Crippen LogP contribution < -0.4 is 0 Å². The molecule has 0 aliphatic carbocycles.